The van der Waals surface area contributed by atoms with Crippen molar-refractivity contribution < 1.29 is 9.59 Å². The van der Waals surface area contributed by atoms with Gasteiger partial charge in [0.05, 0.1) is 13.0 Å². The molecule has 0 spiro atoms. The van der Waals surface area contributed by atoms with Gasteiger partial charge in [-0.05, 0) is 42.7 Å². The van der Waals surface area contributed by atoms with Crippen molar-refractivity contribution in [1.29, 1.82) is 0 Å². The molecular weight excluding hydrogens is 344 g/mol. The molecule has 0 atom stereocenters. The van der Waals surface area contributed by atoms with Crippen LogP contribution in [-0.2, 0) is 16.0 Å². The Hall–Kier alpha value is -2.27. The zero-order chi connectivity index (χ0) is 18.2. The summed E-state index contributed by atoms with van der Waals surface area (Å²) >= 11 is 1.92. The Bertz CT molecular complexity index is 725. The minimum atomic E-state index is -0.220. The molecule has 5 heteroatoms. The minimum absolute atomic E-state index is 0.0236. The first kappa shape index (κ1) is 18.5. The zero-order valence-electron chi connectivity index (χ0n) is 14.7. The molecule has 2 aromatic rings. The van der Waals surface area contributed by atoms with Crippen LogP contribution in [0.2, 0.25) is 0 Å². The summed E-state index contributed by atoms with van der Waals surface area (Å²) in [6.45, 7) is -0.0236. The molecule has 1 saturated carbocycles. The molecule has 2 N–H and O–H groups in total. The second-order valence-electron chi connectivity index (χ2n) is 6.54. The summed E-state index contributed by atoms with van der Waals surface area (Å²) in [4.78, 5) is 25.1. The number of amides is 2. The highest BCUT2D eigenvalue weighted by Crippen LogP contribution is 2.34. The second kappa shape index (κ2) is 9.43. The Morgan fingerprint density at radius 1 is 0.923 bits per heavy atom. The molecule has 0 heterocycles. The van der Waals surface area contributed by atoms with Crippen LogP contribution in [0, 0.1) is 0 Å². The maximum Gasteiger partial charge on any atom is 0.243 e. The van der Waals surface area contributed by atoms with E-state index in [4.69, 9.17) is 0 Å². The monoisotopic (exact) mass is 368 g/mol. The molecule has 0 saturated heterocycles. The lowest BCUT2D eigenvalue weighted by molar-refractivity contribution is -0.123. The number of hydrogen-bond donors (Lipinski definition) is 2. The fourth-order valence-electron chi connectivity index (χ4n) is 3.04. The van der Waals surface area contributed by atoms with Crippen LogP contribution in [0.15, 0.2) is 59.5 Å². The van der Waals surface area contributed by atoms with Crippen molar-refractivity contribution in [1.82, 2.24) is 5.32 Å². The van der Waals surface area contributed by atoms with E-state index in [2.05, 4.69) is 10.6 Å². The summed E-state index contributed by atoms with van der Waals surface area (Å²) in [6.07, 6.45) is 5.54. The maximum atomic E-state index is 12.0. The molecular formula is C21H24N2O2S. The third-order valence-electron chi connectivity index (χ3n) is 4.40. The largest absolute Gasteiger partial charge is 0.347 e. The predicted octanol–water partition coefficient (Wildman–Crippen LogP) is 4.02. The first-order valence-corrected chi connectivity index (χ1v) is 9.94. The van der Waals surface area contributed by atoms with E-state index in [9.17, 15) is 9.59 Å². The van der Waals surface area contributed by atoms with Crippen LogP contribution in [0.5, 0.6) is 0 Å². The van der Waals surface area contributed by atoms with Gasteiger partial charge in [-0.1, -0.05) is 43.2 Å². The normalized spacial score (nSPS) is 14.2. The van der Waals surface area contributed by atoms with Crippen LogP contribution in [-0.4, -0.2) is 23.6 Å². The first-order chi connectivity index (χ1) is 12.7. The number of benzene rings is 2. The van der Waals surface area contributed by atoms with Crippen LogP contribution in [0.4, 0.5) is 5.69 Å². The quantitative estimate of drug-likeness (QED) is 0.776. The third kappa shape index (κ3) is 5.92. The van der Waals surface area contributed by atoms with Crippen molar-refractivity contribution in [2.24, 2.45) is 0 Å². The summed E-state index contributed by atoms with van der Waals surface area (Å²) < 4.78 is 0. The van der Waals surface area contributed by atoms with Crippen LogP contribution in [0.3, 0.4) is 0 Å². The standard InChI is InChI=1S/C21H24N2O2S/c24-20(14-16-6-2-1-3-7-16)22-15-21(25)23-17-10-12-19(13-11-17)26-18-8-4-5-9-18/h1-3,6-7,10-13,18H,4-5,8-9,14-15H2,(H,22,24)(H,23,25). The number of anilines is 1. The Morgan fingerprint density at radius 3 is 2.31 bits per heavy atom. The molecule has 0 aliphatic heterocycles. The van der Waals surface area contributed by atoms with Crippen LogP contribution < -0.4 is 10.6 Å². The van der Waals surface area contributed by atoms with E-state index in [1.54, 1.807) is 0 Å². The Labute approximate surface area is 158 Å². The zero-order valence-corrected chi connectivity index (χ0v) is 15.6. The number of hydrogen-bond acceptors (Lipinski definition) is 3. The molecule has 0 radical (unpaired) electrons. The molecule has 1 fully saturated rings. The topological polar surface area (TPSA) is 58.2 Å². The number of carbonyl (C=O) groups is 2. The smallest absolute Gasteiger partial charge is 0.243 e. The molecule has 4 nitrogen and oxygen atoms in total. The lowest BCUT2D eigenvalue weighted by Crippen LogP contribution is -2.33. The van der Waals surface area contributed by atoms with Gasteiger partial charge < -0.3 is 10.6 Å². The average Bonchev–Trinajstić information content (AvgIpc) is 3.16. The lowest BCUT2D eigenvalue weighted by Gasteiger charge is -2.10. The lowest BCUT2D eigenvalue weighted by atomic mass is 10.1. The molecule has 3 rings (SSSR count). The average molecular weight is 369 g/mol. The van der Waals surface area contributed by atoms with Crippen molar-refractivity contribution in [3.63, 3.8) is 0 Å². The molecule has 0 aromatic heterocycles. The summed E-state index contributed by atoms with van der Waals surface area (Å²) in [5.41, 5.74) is 1.68. The van der Waals surface area contributed by atoms with E-state index in [1.807, 2.05) is 66.4 Å². The van der Waals surface area contributed by atoms with E-state index >= 15 is 0 Å². The van der Waals surface area contributed by atoms with Gasteiger partial charge in [0, 0.05) is 15.8 Å². The highest BCUT2D eigenvalue weighted by atomic mass is 32.2. The number of nitrogens with one attached hydrogen (secondary N) is 2. The van der Waals surface area contributed by atoms with Crippen molar-refractivity contribution in [3.05, 3.63) is 60.2 Å². The van der Waals surface area contributed by atoms with Gasteiger partial charge >= 0.3 is 0 Å². The minimum Gasteiger partial charge on any atom is -0.347 e. The molecule has 2 amide bonds. The third-order valence-corrected chi connectivity index (χ3v) is 5.75. The fourth-order valence-corrected chi connectivity index (χ4v) is 4.29. The van der Waals surface area contributed by atoms with E-state index in [0.717, 1.165) is 16.5 Å². The second-order valence-corrected chi connectivity index (χ2v) is 7.91. The van der Waals surface area contributed by atoms with E-state index < -0.39 is 0 Å². The molecule has 136 valence electrons. The summed E-state index contributed by atoms with van der Waals surface area (Å²) in [5.74, 6) is -0.378. The highest BCUT2D eigenvalue weighted by Gasteiger charge is 2.16. The Kier molecular flexibility index (Phi) is 6.72. The number of carbonyl (C=O) groups excluding carboxylic acids is 2. The van der Waals surface area contributed by atoms with Gasteiger partial charge in [-0.2, -0.15) is 0 Å². The Balaban J connectivity index is 1.40. The molecule has 2 aromatic carbocycles. The summed E-state index contributed by atoms with van der Waals surface area (Å²) in [7, 11) is 0. The van der Waals surface area contributed by atoms with E-state index in [1.165, 1.54) is 30.6 Å². The molecule has 1 aliphatic rings. The SMILES string of the molecule is O=C(Cc1ccccc1)NCC(=O)Nc1ccc(SC2CCCC2)cc1. The predicted molar refractivity (Wildman–Crippen MR) is 106 cm³/mol. The molecule has 0 bridgehead atoms. The molecule has 1 aliphatic carbocycles. The number of thioether (sulfide) groups is 1. The first-order valence-electron chi connectivity index (χ1n) is 9.06. The Morgan fingerprint density at radius 2 is 1.62 bits per heavy atom. The maximum absolute atomic E-state index is 12.0. The fraction of sp³-hybridized carbons (Fsp3) is 0.333. The van der Waals surface area contributed by atoms with Gasteiger partial charge in [0.2, 0.25) is 11.8 Å². The van der Waals surface area contributed by atoms with Crippen molar-refractivity contribution >= 4 is 29.3 Å². The summed E-state index contributed by atoms with van der Waals surface area (Å²) in [6, 6.07) is 17.4. The van der Waals surface area contributed by atoms with E-state index in [0.29, 0.717) is 0 Å². The van der Waals surface area contributed by atoms with Gasteiger partial charge in [-0.3, -0.25) is 9.59 Å². The van der Waals surface area contributed by atoms with Gasteiger partial charge in [-0.25, -0.2) is 0 Å². The van der Waals surface area contributed by atoms with Gasteiger partial charge in [0.25, 0.3) is 0 Å². The molecule has 26 heavy (non-hydrogen) atoms. The van der Waals surface area contributed by atoms with Crippen molar-refractivity contribution in [3.8, 4) is 0 Å². The van der Waals surface area contributed by atoms with Crippen LogP contribution in [0.1, 0.15) is 31.2 Å². The number of rotatable bonds is 7. The van der Waals surface area contributed by atoms with E-state index in [-0.39, 0.29) is 24.8 Å². The van der Waals surface area contributed by atoms with Gasteiger partial charge in [0.1, 0.15) is 0 Å². The molecule has 0 unspecified atom stereocenters. The van der Waals surface area contributed by atoms with Gasteiger partial charge in [0.15, 0.2) is 0 Å². The highest BCUT2D eigenvalue weighted by molar-refractivity contribution is 8.00. The van der Waals surface area contributed by atoms with Crippen LogP contribution in [0.25, 0.3) is 0 Å². The summed E-state index contributed by atoms with van der Waals surface area (Å²) in [5, 5.41) is 6.21. The van der Waals surface area contributed by atoms with Crippen molar-refractivity contribution in [2.45, 2.75) is 42.2 Å². The van der Waals surface area contributed by atoms with Gasteiger partial charge in [-0.15, -0.1) is 11.8 Å². The van der Waals surface area contributed by atoms with Crippen LogP contribution >= 0.6 is 11.8 Å². The van der Waals surface area contributed by atoms with Crippen molar-refractivity contribution in [2.75, 3.05) is 11.9 Å².